The lowest BCUT2D eigenvalue weighted by Gasteiger charge is -2.05. The van der Waals surface area contributed by atoms with Crippen LogP contribution in [0.2, 0.25) is 0 Å². The van der Waals surface area contributed by atoms with Crippen LogP contribution < -0.4 is 4.74 Å². The molecule has 1 aromatic rings. The Bertz CT molecular complexity index is 452. The molecule has 7 nitrogen and oxygen atoms in total. The second kappa shape index (κ2) is 5.14. The Morgan fingerprint density at radius 2 is 2.24 bits per heavy atom. The molecule has 0 unspecified atom stereocenters. The zero-order valence-electron chi connectivity index (χ0n) is 8.17. The predicted octanol–water partition coefficient (Wildman–Crippen LogP) is 1.33. The second-order valence-corrected chi connectivity index (χ2v) is 2.79. The van der Waals surface area contributed by atoms with Gasteiger partial charge in [-0.25, -0.2) is 18.6 Å². The van der Waals surface area contributed by atoms with Gasteiger partial charge in [-0.1, -0.05) is 0 Å². The van der Waals surface area contributed by atoms with E-state index in [4.69, 9.17) is 5.11 Å². The van der Waals surface area contributed by atoms with Crippen LogP contribution in [0.25, 0.3) is 0 Å². The fraction of sp³-hybridized carbons (Fsp3) is 0.250. The minimum atomic E-state index is -2.84. The molecular weight excluding hydrogens is 242 g/mol. The van der Waals surface area contributed by atoms with Crippen molar-refractivity contribution in [3.8, 4) is 5.88 Å². The number of aromatic carboxylic acids is 1. The maximum absolute atomic E-state index is 11.9. The van der Waals surface area contributed by atoms with Crippen LogP contribution in [0.15, 0.2) is 12.1 Å². The van der Waals surface area contributed by atoms with Crippen LogP contribution in [0.1, 0.15) is 10.5 Å². The molecule has 17 heavy (non-hydrogen) atoms. The van der Waals surface area contributed by atoms with E-state index in [0.29, 0.717) is 0 Å². The first-order chi connectivity index (χ1) is 7.91. The number of halogens is 2. The average Bonchev–Trinajstić information content (AvgIpc) is 2.25. The molecule has 0 saturated heterocycles. The SMILES string of the molecule is O=C(O)c1ccc([N+](=O)[O-])c(OCC(F)F)n1. The zero-order chi connectivity index (χ0) is 13.0. The van der Waals surface area contributed by atoms with Gasteiger partial charge in [0, 0.05) is 6.07 Å². The summed E-state index contributed by atoms with van der Waals surface area (Å²) >= 11 is 0. The minimum absolute atomic E-state index is 0.528. The second-order valence-electron chi connectivity index (χ2n) is 2.79. The summed E-state index contributed by atoms with van der Waals surface area (Å²) in [5.41, 5.74) is -1.20. The molecule has 0 aliphatic rings. The van der Waals surface area contributed by atoms with E-state index in [1.807, 2.05) is 0 Å². The number of ether oxygens (including phenoxy) is 1. The molecule has 1 heterocycles. The van der Waals surface area contributed by atoms with Crippen LogP contribution in [-0.4, -0.2) is 34.0 Å². The maximum Gasteiger partial charge on any atom is 0.354 e. The monoisotopic (exact) mass is 248 g/mol. The number of hydrogen-bond acceptors (Lipinski definition) is 5. The number of hydrogen-bond donors (Lipinski definition) is 1. The number of alkyl halides is 2. The minimum Gasteiger partial charge on any atom is -0.477 e. The normalized spacial score (nSPS) is 10.3. The third kappa shape index (κ3) is 3.33. The van der Waals surface area contributed by atoms with Gasteiger partial charge >= 0.3 is 11.7 Å². The Hall–Kier alpha value is -2.32. The summed E-state index contributed by atoms with van der Waals surface area (Å²) in [5.74, 6) is -2.18. The van der Waals surface area contributed by atoms with E-state index in [-0.39, 0.29) is 0 Å². The zero-order valence-corrected chi connectivity index (χ0v) is 8.17. The summed E-state index contributed by atoms with van der Waals surface area (Å²) in [6.07, 6.45) is -2.84. The molecule has 0 saturated carbocycles. The summed E-state index contributed by atoms with van der Waals surface area (Å²) in [6.45, 7) is -1.10. The molecule has 0 bridgehead atoms. The van der Waals surface area contributed by atoms with E-state index in [1.165, 1.54) is 0 Å². The lowest BCUT2D eigenvalue weighted by atomic mass is 10.3. The van der Waals surface area contributed by atoms with Crippen LogP contribution >= 0.6 is 0 Å². The summed E-state index contributed by atoms with van der Waals surface area (Å²) in [5, 5.41) is 19.1. The number of nitrogens with zero attached hydrogens (tertiary/aromatic N) is 2. The highest BCUT2D eigenvalue weighted by atomic mass is 19.3. The van der Waals surface area contributed by atoms with E-state index in [9.17, 15) is 23.7 Å². The van der Waals surface area contributed by atoms with Crippen molar-refractivity contribution in [1.82, 2.24) is 4.98 Å². The smallest absolute Gasteiger partial charge is 0.354 e. The Morgan fingerprint density at radius 1 is 1.59 bits per heavy atom. The summed E-state index contributed by atoms with van der Waals surface area (Å²) in [7, 11) is 0. The summed E-state index contributed by atoms with van der Waals surface area (Å²) in [6, 6.07) is 1.72. The van der Waals surface area contributed by atoms with Gasteiger partial charge in [-0.05, 0) is 6.07 Å². The van der Waals surface area contributed by atoms with Gasteiger partial charge < -0.3 is 9.84 Å². The topological polar surface area (TPSA) is 103 Å². The third-order valence-corrected chi connectivity index (χ3v) is 1.60. The molecule has 0 aromatic carbocycles. The fourth-order valence-electron chi connectivity index (χ4n) is 0.939. The van der Waals surface area contributed by atoms with Crippen molar-refractivity contribution in [2.75, 3.05) is 6.61 Å². The number of aromatic nitrogens is 1. The summed E-state index contributed by atoms with van der Waals surface area (Å²) in [4.78, 5) is 23.4. The van der Waals surface area contributed by atoms with Crippen LogP contribution in [0.4, 0.5) is 14.5 Å². The third-order valence-electron chi connectivity index (χ3n) is 1.60. The van der Waals surface area contributed by atoms with Crippen LogP contribution in [0.5, 0.6) is 5.88 Å². The van der Waals surface area contributed by atoms with Crippen molar-refractivity contribution in [2.24, 2.45) is 0 Å². The van der Waals surface area contributed by atoms with Crippen molar-refractivity contribution >= 4 is 11.7 Å². The first-order valence-electron chi connectivity index (χ1n) is 4.21. The van der Waals surface area contributed by atoms with Gasteiger partial charge in [0.25, 0.3) is 12.3 Å². The molecule has 9 heteroatoms. The molecule has 1 rings (SSSR count). The molecule has 0 amide bonds. The first-order valence-corrected chi connectivity index (χ1v) is 4.21. The standard InChI is InChI=1S/C8H6F2N2O5/c9-6(10)3-17-7-5(12(15)16)2-1-4(11-7)8(13)14/h1-2,6H,3H2,(H,13,14). The molecule has 0 aliphatic carbocycles. The highest BCUT2D eigenvalue weighted by Crippen LogP contribution is 2.24. The van der Waals surface area contributed by atoms with Gasteiger partial charge in [0.2, 0.25) is 0 Å². The van der Waals surface area contributed by atoms with Crippen LogP contribution in [0.3, 0.4) is 0 Å². The molecular formula is C8H6F2N2O5. The highest BCUT2D eigenvalue weighted by Gasteiger charge is 2.20. The van der Waals surface area contributed by atoms with Gasteiger partial charge in [0.05, 0.1) is 4.92 Å². The van der Waals surface area contributed by atoms with E-state index in [0.717, 1.165) is 12.1 Å². The van der Waals surface area contributed by atoms with Gasteiger partial charge in [-0.3, -0.25) is 10.1 Å². The van der Waals surface area contributed by atoms with E-state index >= 15 is 0 Å². The number of carboxylic acids is 1. The van der Waals surface area contributed by atoms with Crippen molar-refractivity contribution < 1.29 is 28.3 Å². The molecule has 92 valence electrons. The largest absolute Gasteiger partial charge is 0.477 e. The molecule has 0 aliphatic heterocycles. The van der Waals surface area contributed by atoms with E-state index in [2.05, 4.69) is 9.72 Å². The van der Waals surface area contributed by atoms with Crippen molar-refractivity contribution in [3.63, 3.8) is 0 Å². The first kappa shape index (κ1) is 12.7. The molecule has 0 fully saturated rings. The molecule has 1 N–H and O–H groups in total. The van der Waals surface area contributed by atoms with Gasteiger partial charge in [0.1, 0.15) is 0 Å². The Balaban J connectivity index is 3.07. The van der Waals surface area contributed by atoms with Crippen LogP contribution in [-0.2, 0) is 0 Å². The number of rotatable bonds is 5. The summed E-state index contributed by atoms with van der Waals surface area (Å²) < 4.78 is 28.1. The predicted molar refractivity (Wildman–Crippen MR) is 49.3 cm³/mol. The number of pyridine rings is 1. The lowest BCUT2D eigenvalue weighted by molar-refractivity contribution is -0.386. The molecule has 1 aromatic heterocycles. The Kier molecular flexibility index (Phi) is 3.86. The Labute approximate surface area is 92.8 Å². The lowest BCUT2D eigenvalue weighted by Crippen LogP contribution is -2.11. The number of carbonyl (C=O) groups is 1. The van der Waals surface area contributed by atoms with Crippen LogP contribution in [0, 0.1) is 10.1 Å². The number of carboxylic acid groups (broad SMARTS) is 1. The van der Waals surface area contributed by atoms with Crippen molar-refractivity contribution in [2.45, 2.75) is 6.43 Å². The molecule has 0 atom stereocenters. The molecule has 0 spiro atoms. The van der Waals surface area contributed by atoms with Crippen molar-refractivity contribution in [3.05, 3.63) is 27.9 Å². The van der Waals surface area contributed by atoms with Gasteiger partial charge in [-0.15, -0.1) is 0 Å². The van der Waals surface area contributed by atoms with Gasteiger partial charge in [0.15, 0.2) is 12.3 Å². The highest BCUT2D eigenvalue weighted by molar-refractivity contribution is 5.85. The average molecular weight is 248 g/mol. The molecule has 0 radical (unpaired) electrons. The fourth-order valence-corrected chi connectivity index (χ4v) is 0.939. The quantitative estimate of drug-likeness (QED) is 0.622. The van der Waals surface area contributed by atoms with Crippen molar-refractivity contribution in [1.29, 1.82) is 0 Å². The van der Waals surface area contributed by atoms with E-state index in [1.54, 1.807) is 0 Å². The van der Waals surface area contributed by atoms with E-state index < -0.39 is 41.2 Å². The maximum atomic E-state index is 11.9. The van der Waals surface area contributed by atoms with Gasteiger partial charge in [-0.2, -0.15) is 0 Å². The number of nitro groups is 1. The Morgan fingerprint density at radius 3 is 2.71 bits per heavy atom.